The Morgan fingerprint density at radius 1 is 1.30 bits per heavy atom. The summed E-state index contributed by atoms with van der Waals surface area (Å²) >= 11 is 0. The number of nitrogens with zero attached hydrogens (tertiary/aromatic N) is 5. The van der Waals surface area contributed by atoms with Gasteiger partial charge in [0.1, 0.15) is 0 Å². The highest BCUT2D eigenvalue weighted by molar-refractivity contribution is 5.81. The van der Waals surface area contributed by atoms with E-state index in [0.29, 0.717) is 5.52 Å². The van der Waals surface area contributed by atoms with Gasteiger partial charge in [-0.2, -0.15) is 0 Å². The number of aromatic nitrogens is 2. The van der Waals surface area contributed by atoms with Crippen LogP contribution in [0.25, 0.3) is 11.0 Å². The first-order valence-corrected chi connectivity index (χ1v) is 6.37. The monoisotopic (exact) mass is 277 g/mol. The number of likely N-dealkylation sites (N-methyl/N-ethyl adjacent to an activating group) is 1. The first-order valence-electron chi connectivity index (χ1n) is 6.37. The quantitative estimate of drug-likeness (QED) is 0.613. The van der Waals surface area contributed by atoms with E-state index in [0.717, 1.165) is 24.6 Å². The highest BCUT2D eigenvalue weighted by atomic mass is 16.6. The summed E-state index contributed by atoms with van der Waals surface area (Å²) in [7, 11) is 7.86. The second-order valence-electron chi connectivity index (χ2n) is 5.19. The van der Waals surface area contributed by atoms with Crippen LogP contribution in [-0.4, -0.2) is 54.1 Å². The predicted octanol–water partition coefficient (Wildman–Crippen LogP) is 1.57. The Labute approximate surface area is 117 Å². The summed E-state index contributed by atoms with van der Waals surface area (Å²) in [6, 6.07) is 4.81. The van der Waals surface area contributed by atoms with Crippen molar-refractivity contribution in [3.63, 3.8) is 0 Å². The third kappa shape index (κ3) is 2.72. The molecule has 0 amide bonds. The van der Waals surface area contributed by atoms with E-state index >= 15 is 0 Å². The number of non-ortho nitro benzene ring substituents is 1. The molecule has 2 rings (SSSR count). The normalized spacial score (nSPS) is 11.2. The van der Waals surface area contributed by atoms with Gasteiger partial charge in [0.25, 0.3) is 5.69 Å². The second kappa shape index (κ2) is 5.46. The van der Waals surface area contributed by atoms with Gasteiger partial charge < -0.3 is 14.4 Å². The summed E-state index contributed by atoms with van der Waals surface area (Å²) < 4.78 is 2.08. The van der Waals surface area contributed by atoms with Crippen LogP contribution < -0.4 is 4.90 Å². The van der Waals surface area contributed by atoms with Crippen molar-refractivity contribution in [2.24, 2.45) is 0 Å². The van der Waals surface area contributed by atoms with Crippen LogP contribution in [0.2, 0.25) is 0 Å². The molecule has 7 heteroatoms. The standard InChI is InChI=1S/C13H19N5O2/c1-15(2)7-8-17-12-6-5-10(18(19)20)9-11(12)14-13(17)16(3)4/h5-6,9H,7-8H2,1-4H3. The number of hydrogen-bond donors (Lipinski definition) is 0. The molecule has 20 heavy (non-hydrogen) atoms. The van der Waals surface area contributed by atoms with Crippen molar-refractivity contribution < 1.29 is 4.92 Å². The van der Waals surface area contributed by atoms with Crippen LogP contribution in [0, 0.1) is 10.1 Å². The molecule has 7 nitrogen and oxygen atoms in total. The fourth-order valence-electron chi connectivity index (χ4n) is 2.08. The molecule has 0 aliphatic heterocycles. The third-order valence-corrected chi connectivity index (χ3v) is 3.09. The van der Waals surface area contributed by atoms with E-state index in [1.54, 1.807) is 6.07 Å². The molecule has 0 atom stereocenters. The zero-order valence-electron chi connectivity index (χ0n) is 12.2. The summed E-state index contributed by atoms with van der Waals surface area (Å²) in [5.41, 5.74) is 1.64. The zero-order chi connectivity index (χ0) is 14.9. The van der Waals surface area contributed by atoms with Gasteiger partial charge in [-0.05, 0) is 20.2 Å². The molecule has 0 spiro atoms. The van der Waals surface area contributed by atoms with E-state index in [9.17, 15) is 10.1 Å². The second-order valence-corrected chi connectivity index (χ2v) is 5.19. The number of rotatable bonds is 5. The average Bonchev–Trinajstić information content (AvgIpc) is 2.73. The highest BCUT2D eigenvalue weighted by Crippen LogP contribution is 2.25. The van der Waals surface area contributed by atoms with Crippen molar-refractivity contribution in [3.8, 4) is 0 Å². The molecule has 0 aliphatic carbocycles. The van der Waals surface area contributed by atoms with Crippen LogP contribution in [0.3, 0.4) is 0 Å². The maximum absolute atomic E-state index is 10.8. The van der Waals surface area contributed by atoms with Crippen molar-refractivity contribution in [3.05, 3.63) is 28.3 Å². The molecule has 2 aromatic rings. The lowest BCUT2D eigenvalue weighted by Crippen LogP contribution is -2.21. The number of fused-ring (bicyclic) bond motifs is 1. The largest absolute Gasteiger partial charge is 0.348 e. The molecular weight excluding hydrogens is 258 g/mol. The molecule has 108 valence electrons. The van der Waals surface area contributed by atoms with Gasteiger partial charge in [0.2, 0.25) is 5.95 Å². The topological polar surface area (TPSA) is 67.4 Å². The zero-order valence-corrected chi connectivity index (χ0v) is 12.2. The van der Waals surface area contributed by atoms with Gasteiger partial charge in [-0.15, -0.1) is 0 Å². The van der Waals surface area contributed by atoms with E-state index < -0.39 is 4.92 Å². The van der Waals surface area contributed by atoms with Gasteiger partial charge in [0, 0.05) is 39.3 Å². The van der Waals surface area contributed by atoms with Crippen LogP contribution in [0.4, 0.5) is 11.6 Å². The predicted molar refractivity (Wildman–Crippen MR) is 79.3 cm³/mol. The van der Waals surface area contributed by atoms with Crippen molar-refractivity contribution in [1.82, 2.24) is 14.5 Å². The molecule has 1 heterocycles. The Bertz CT molecular complexity index is 633. The lowest BCUT2D eigenvalue weighted by Gasteiger charge is -2.17. The van der Waals surface area contributed by atoms with Gasteiger partial charge in [0.15, 0.2) is 0 Å². The number of benzene rings is 1. The number of nitro groups is 1. The first kappa shape index (κ1) is 14.3. The number of anilines is 1. The molecule has 0 saturated carbocycles. The van der Waals surface area contributed by atoms with Gasteiger partial charge >= 0.3 is 0 Å². The fraction of sp³-hybridized carbons (Fsp3) is 0.462. The smallest absolute Gasteiger partial charge is 0.271 e. The molecule has 0 bridgehead atoms. The minimum absolute atomic E-state index is 0.0695. The maximum Gasteiger partial charge on any atom is 0.271 e. The summed E-state index contributed by atoms with van der Waals surface area (Å²) in [5, 5.41) is 10.8. The van der Waals surface area contributed by atoms with Crippen LogP contribution in [0.15, 0.2) is 18.2 Å². The lowest BCUT2D eigenvalue weighted by molar-refractivity contribution is -0.384. The van der Waals surface area contributed by atoms with Crippen molar-refractivity contribution in [1.29, 1.82) is 0 Å². The van der Waals surface area contributed by atoms with Crippen molar-refractivity contribution >= 4 is 22.7 Å². The lowest BCUT2D eigenvalue weighted by atomic mass is 10.3. The number of imidazole rings is 1. The molecular formula is C13H19N5O2. The van der Waals surface area contributed by atoms with Gasteiger partial charge in [0.05, 0.1) is 16.0 Å². The molecule has 1 aromatic carbocycles. The SMILES string of the molecule is CN(C)CCn1c(N(C)C)nc2cc([N+](=O)[O-])ccc21. The van der Waals surface area contributed by atoms with Crippen molar-refractivity contribution in [2.75, 3.05) is 39.6 Å². The van der Waals surface area contributed by atoms with Crippen LogP contribution in [0.5, 0.6) is 0 Å². The average molecular weight is 277 g/mol. The third-order valence-electron chi connectivity index (χ3n) is 3.09. The Balaban J connectivity index is 2.51. The Kier molecular flexibility index (Phi) is 3.89. The molecule has 0 N–H and O–H groups in total. The van der Waals surface area contributed by atoms with E-state index in [1.807, 2.05) is 33.1 Å². The van der Waals surface area contributed by atoms with E-state index in [1.165, 1.54) is 12.1 Å². The molecule has 0 saturated heterocycles. The van der Waals surface area contributed by atoms with Crippen LogP contribution in [0.1, 0.15) is 0 Å². The summed E-state index contributed by atoms with van der Waals surface area (Å²) in [5.74, 6) is 0.808. The number of nitro benzene ring substituents is 1. The van der Waals surface area contributed by atoms with Gasteiger partial charge in [-0.25, -0.2) is 4.98 Å². The van der Waals surface area contributed by atoms with Gasteiger partial charge in [-0.1, -0.05) is 0 Å². The summed E-state index contributed by atoms with van der Waals surface area (Å²) in [4.78, 5) is 19.0. The Morgan fingerprint density at radius 2 is 2.00 bits per heavy atom. The first-order chi connectivity index (χ1) is 9.40. The van der Waals surface area contributed by atoms with Crippen LogP contribution in [-0.2, 0) is 6.54 Å². The molecule has 0 aliphatic rings. The molecule has 0 fully saturated rings. The maximum atomic E-state index is 10.8. The van der Waals surface area contributed by atoms with E-state index in [-0.39, 0.29) is 5.69 Å². The minimum atomic E-state index is -0.395. The van der Waals surface area contributed by atoms with E-state index in [4.69, 9.17) is 0 Å². The summed E-state index contributed by atoms with van der Waals surface area (Å²) in [6.07, 6.45) is 0. The molecule has 0 unspecified atom stereocenters. The summed E-state index contributed by atoms with van der Waals surface area (Å²) in [6.45, 7) is 1.66. The fourth-order valence-corrected chi connectivity index (χ4v) is 2.08. The molecule has 1 aromatic heterocycles. The minimum Gasteiger partial charge on any atom is -0.348 e. The number of hydrogen-bond acceptors (Lipinski definition) is 5. The Morgan fingerprint density at radius 3 is 2.55 bits per heavy atom. The highest BCUT2D eigenvalue weighted by Gasteiger charge is 2.15. The van der Waals surface area contributed by atoms with E-state index in [2.05, 4.69) is 14.5 Å². The van der Waals surface area contributed by atoms with Gasteiger partial charge in [-0.3, -0.25) is 10.1 Å². The Hall–Kier alpha value is -2.15. The van der Waals surface area contributed by atoms with Crippen molar-refractivity contribution in [2.45, 2.75) is 6.54 Å². The molecule has 0 radical (unpaired) electrons. The van der Waals surface area contributed by atoms with Crippen LogP contribution >= 0.6 is 0 Å².